The number of benzene rings is 3. The van der Waals surface area contributed by atoms with Crippen molar-refractivity contribution in [2.24, 2.45) is 0 Å². The van der Waals surface area contributed by atoms with E-state index < -0.39 is 6.04 Å². The Balaban J connectivity index is 1.90. The molecular weight excluding hydrogens is 460 g/mol. The minimum absolute atomic E-state index is 0.0506. The summed E-state index contributed by atoms with van der Waals surface area (Å²) in [5.74, 6) is 0.103. The van der Waals surface area contributed by atoms with E-state index in [4.69, 9.17) is 16.3 Å². The average Bonchev–Trinajstić information content (AvgIpc) is 2.83. The molecule has 1 unspecified atom stereocenters. The fourth-order valence-electron chi connectivity index (χ4n) is 3.76. The first kappa shape index (κ1) is 26.3. The van der Waals surface area contributed by atoms with Gasteiger partial charge in [-0.25, -0.2) is 0 Å². The van der Waals surface area contributed by atoms with Crippen LogP contribution in [0.2, 0.25) is 5.02 Å². The van der Waals surface area contributed by atoms with Crippen molar-refractivity contribution in [1.29, 1.82) is 0 Å². The van der Waals surface area contributed by atoms with Gasteiger partial charge in [0.2, 0.25) is 5.91 Å². The Bertz CT molecular complexity index is 1130. The van der Waals surface area contributed by atoms with Gasteiger partial charge in [-0.05, 0) is 62.6 Å². The van der Waals surface area contributed by atoms with Gasteiger partial charge in [0.1, 0.15) is 11.8 Å². The minimum Gasteiger partial charge on any atom is -0.484 e. The topological polar surface area (TPSA) is 58.6 Å². The Labute approximate surface area is 213 Å². The van der Waals surface area contributed by atoms with E-state index in [1.54, 1.807) is 23.1 Å². The van der Waals surface area contributed by atoms with Crippen molar-refractivity contribution in [2.45, 2.75) is 52.7 Å². The molecule has 0 bridgehead atoms. The molecule has 0 aromatic heterocycles. The first-order valence-corrected chi connectivity index (χ1v) is 12.2. The molecule has 0 heterocycles. The van der Waals surface area contributed by atoms with Crippen LogP contribution in [-0.2, 0) is 22.6 Å². The number of nitrogens with one attached hydrogen (secondary N) is 1. The lowest BCUT2D eigenvalue weighted by Crippen LogP contribution is -2.52. The van der Waals surface area contributed by atoms with Crippen molar-refractivity contribution in [3.05, 3.63) is 100 Å². The summed E-state index contributed by atoms with van der Waals surface area (Å²) in [7, 11) is 0. The number of amides is 2. The molecule has 2 amide bonds. The second-order valence-corrected chi connectivity index (χ2v) is 9.48. The SMILES string of the molecule is Cc1ccc(CN(C(=O)COc2ccc(Cl)c(C)c2)C(Cc2ccccc2)C(=O)NC(C)C)cc1. The van der Waals surface area contributed by atoms with Crippen LogP contribution in [0.15, 0.2) is 72.8 Å². The van der Waals surface area contributed by atoms with E-state index in [1.165, 1.54) is 0 Å². The number of hydrogen-bond donors (Lipinski definition) is 1. The molecule has 3 aromatic rings. The normalized spacial score (nSPS) is 11.7. The smallest absolute Gasteiger partial charge is 0.261 e. The van der Waals surface area contributed by atoms with Crippen LogP contribution in [0, 0.1) is 13.8 Å². The van der Waals surface area contributed by atoms with Crippen molar-refractivity contribution in [2.75, 3.05) is 6.61 Å². The van der Waals surface area contributed by atoms with Crippen LogP contribution in [0.25, 0.3) is 0 Å². The fourth-order valence-corrected chi connectivity index (χ4v) is 3.88. The average molecular weight is 493 g/mol. The molecule has 0 saturated carbocycles. The van der Waals surface area contributed by atoms with Gasteiger partial charge >= 0.3 is 0 Å². The van der Waals surface area contributed by atoms with Gasteiger partial charge in [-0.3, -0.25) is 9.59 Å². The molecule has 184 valence electrons. The fraction of sp³-hybridized carbons (Fsp3) is 0.310. The van der Waals surface area contributed by atoms with Gasteiger partial charge in [-0.2, -0.15) is 0 Å². The first-order valence-electron chi connectivity index (χ1n) is 11.8. The summed E-state index contributed by atoms with van der Waals surface area (Å²) < 4.78 is 5.82. The van der Waals surface area contributed by atoms with Crippen LogP contribution < -0.4 is 10.1 Å². The molecule has 5 nitrogen and oxygen atoms in total. The number of rotatable bonds is 10. The van der Waals surface area contributed by atoms with Crippen molar-refractivity contribution in [3.8, 4) is 5.75 Å². The molecule has 0 spiro atoms. The zero-order chi connectivity index (χ0) is 25.4. The monoisotopic (exact) mass is 492 g/mol. The maximum Gasteiger partial charge on any atom is 0.261 e. The molecule has 1 atom stereocenters. The maximum atomic E-state index is 13.6. The maximum absolute atomic E-state index is 13.6. The quantitative estimate of drug-likeness (QED) is 0.406. The first-order chi connectivity index (χ1) is 16.7. The molecular formula is C29H33ClN2O3. The van der Waals surface area contributed by atoms with Gasteiger partial charge in [-0.15, -0.1) is 0 Å². The van der Waals surface area contributed by atoms with Crippen LogP contribution in [0.1, 0.15) is 36.1 Å². The standard InChI is InChI=1S/C29H33ClN2O3/c1-20(2)31-29(34)27(17-23-8-6-5-7-9-23)32(18-24-12-10-21(3)11-13-24)28(33)19-35-25-14-15-26(30)22(4)16-25/h5-16,20,27H,17-19H2,1-4H3,(H,31,34). The summed E-state index contributed by atoms with van der Waals surface area (Å²) in [5, 5.41) is 3.63. The Morgan fingerprint density at radius 2 is 1.63 bits per heavy atom. The number of hydrogen-bond acceptors (Lipinski definition) is 3. The van der Waals surface area contributed by atoms with Gasteiger partial charge in [0.05, 0.1) is 0 Å². The Hall–Kier alpha value is -3.31. The summed E-state index contributed by atoms with van der Waals surface area (Å²) in [6.45, 7) is 7.83. The molecule has 0 aliphatic heterocycles. The summed E-state index contributed by atoms with van der Waals surface area (Å²) in [4.78, 5) is 28.5. The molecule has 6 heteroatoms. The number of halogens is 1. The summed E-state index contributed by atoms with van der Waals surface area (Å²) >= 11 is 6.11. The number of ether oxygens (including phenoxy) is 1. The summed E-state index contributed by atoms with van der Waals surface area (Å²) in [6, 6.07) is 22.3. The lowest BCUT2D eigenvalue weighted by Gasteiger charge is -2.32. The van der Waals surface area contributed by atoms with Gasteiger partial charge in [0.15, 0.2) is 6.61 Å². The molecule has 0 radical (unpaired) electrons. The zero-order valence-corrected chi connectivity index (χ0v) is 21.5. The second-order valence-electron chi connectivity index (χ2n) is 9.08. The number of carbonyl (C=O) groups excluding carboxylic acids is 2. The van der Waals surface area contributed by atoms with E-state index in [2.05, 4.69) is 5.32 Å². The molecule has 1 N–H and O–H groups in total. The zero-order valence-electron chi connectivity index (χ0n) is 20.8. The van der Waals surface area contributed by atoms with Crippen LogP contribution in [-0.4, -0.2) is 35.4 Å². The molecule has 0 saturated heterocycles. The van der Waals surface area contributed by atoms with E-state index in [-0.39, 0.29) is 24.5 Å². The minimum atomic E-state index is -0.691. The predicted octanol–water partition coefficient (Wildman–Crippen LogP) is 5.50. The van der Waals surface area contributed by atoms with E-state index in [9.17, 15) is 9.59 Å². The molecule has 0 aliphatic carbocycles. The van der Waals surface area contributed by atoms with Crippen molar-refractivity contribution in [3.63, 3.8) is 0 Å². The Morgan fingerprint density at radius 3 is 2.26 bits per heavy atom. The lowest BCUT2D eigenvalue weighted by molar-refractivity contribution is -0.143. The van der Waals surface area contributed by atoms with E-state index >= 15 is 0 Å². The highest BCUT2D eigenvalue weighted by Crippen LogP contribution is 2.22. The number of nitrogens with zero attached hydrogens (tertiary/aromatic N) is 1. The predicted molar refractivity (Wildman–Crippen MR) is 141 cm³/mol. The van der Waals surface area contributed by atoms with Crippen LogP contribution in [0.3, 0.4) is 0 Å². The van der Waals surface area contributed by atoms with Crippen molar-refractivity contribution < 1.29 is 14.3 Å². The Kier molecular flexibility index (Phi) is 9.32. The van der Waals surface area contributed by atoms with Crippen LogP contribution in [0.4, 0.5) is 0 Å². The highest BCUT2D eigenvalue weighted by atomic mass is 35.5. The molecule has 3 rings (SSSR count). The highest BCUT2D eigenvalue weighted by molar-refractivity contribution is 6.31. The van der Waals surface area contributed by atoms with Crippen molar-refractivity contribution in [1.82, 2.24) is 10.2 Å². The molecule has 0 fully saturated rings. The molecule has 0 aliphatic rings. The van der Waals surface area contributed by atoms with E-state index in [0.29, 0.717) is 23.7 Å². The third-order valence-corrected chi connectivity index (χ3v) is 6.09. The van der Waals surface area contributed by atoms with E-state index in [1.807, 2.05) is 82.3 Å². The van der Waals surface area contributed by atoms with Gasteiger partial charge in [-0.1, -0.05) is 71.8 Å². The second kappa shape index (κ2) is 12.4. The van der Waals surface area contributed by atoms with Gasteiger partial charge < -0.3 is 15.0 Å². The summed E-state index contributed by atoms with van der Waals surface area (Å²) in [6.07, 6.45) is 0.400. The van der Waals surface area contributed by atoms with Crippen molar-refractivity contribution >= 4 is 23.4 Å². The van der Waals surface area contributed by atoms with Gasteiger partial charge in [0.25, 0.3) is 5.91 Å². The van der Waals surface area contributed by atoms with E-state index in [0.717, 1.165) is 22.3 Å². The van der Waals surface area contributed by atoms with Gasteiger partial charge in [0, 0.05) is 24.0 Å². The molecule has 35 heavy (non-hydrogen) atoms. The lowest BCUT2D eigenvalue weighted by atomic mass is 10.0. The number of carbonyl (C=O) groups is 2. The third-order valence-electron chi connectivity index (χ3n) is 5.67. The molecule has 3 aromatic carbocycles. The van der Waals surface area contributed by atoms with Crippen LogP contribution in [0.5, 0.6) is 5.75 Å². The van der Waals surface area contributed by atoms with Crippen LogP contribution >= 0.6 is 11.6 Å². The largest absolute Gasteiger partial charge is 0.484 e. The Morgan fingerprint density at radius 1 is 0.943 bits per heavy atom. The highest BCUT2D eigenvalue weighted by Gasteiger charge is 2.31. The number of aryl methyl sites for hydroxylation is 2. The summed E-state index contributed by atoms with van der Waals surface area (Å²) in [5.41, 5.74) is 3.92. The third kappa shape index (κ3) is 7.86.